The van der Waals surface area contributed by atoms with Gasteiger partial charge in [0.05, 0.1) is 12.2 Å². The molecule has 2 aromatic rings. The van der Waals surface area contributed by atoms with E-state index in [9.17, 15) is 14.4 Å². The quantitative estimate of drug-likeness (QED) is 0.772. The van der Waals surface area contributed by atoms with Crippen molar-refractivity contribution in [2.45, 2.75) is 33.4 Å². The van der Waals surface area contributed by atoms with Gasteiger partial charge in [-0.1, -0.05) is 41.4 Å². The number of carbonyl (C=O) groups excluding carboxylic acids is 3. The molecule has 0 saturated carbocycles. The Bertz CT molecular complexity index is 923. The van der Waals surface area contributed by atoms with Crippen molar-refractivity contribution in [3.8, 4) is 0 Å². The molecule has 1 N–H and O–H groups in total. The highest BCUT2D eigenvalue weighted by Gasteiger charge is 2.33. The molecule has 0 radical (unpaired) electrons. The number of hydrogen-bond acceptors (Lipinski definition) is 5. The van der Waals surface area contributed by atoms with Crippen LogP contribution in [0.4, 0.5) is 4.79 Å². The summed E-state index contributed by atoms with van der Waals surface area (Å²) < 4.78 is 6.76. The van der Waals surface area contributed by atoms with Crippen LogP contribution in [0.3, 0.4) is 0 Å². The molecule has 1 aliphatic rings. The average molecular weight is 405 g/mol. The summed E-state index contributed by atoms with van der Waals surface area (Å²) in [5, 5.41) is 6.99. The second-order valence-corrected chi connectivity index (χ2v) is 7.02. The molecule has 3 amide bonds. The summed E-state index contributed by atoms with van der Waals surface area (Å²) in [6, 6.07) is 7.39. The van der Waals surface area contributed by atoms with Crippen LogP contribution in [0.1, 0.15) is 34.1 Å². The van der Waals surface area contributed by atoms with Crippen LogP contribution in [0, 0.1) is 13.8 Å². The highest BCUT2D eigenvalue weighted by atomic mass is 35.5. The van der Waals surface area contributed by atoms with Gasteiger partial charge in [0.25, 0.3) is 5.91 Å². The third-order valence-corrected chi connectivity index (χ3v) is 4.86. The fraction of sp³-hybridized carbons (Fsp3) is 0.368. The number of esters is 1. The lowest BCUT2D eigenvalue weighted by molar-refractivity contribution is -0.136. The number of amides is 3. The first kappa shape index (κ1) is 19.9. The molecule has 1 saturated heterocycles. The van der Waals surface area contributed by atoms with Crippen LogP contribution in [-0.4, -0.2) is 51.8 Å². The van der Waals surface area contributed by atoms with E-state index in [1.165, 1.54) is 11.6 Å². The molecule has 148 valence electrons. The molecular weight excluding hydrogens is 384 g/mol. The predicted octanol–water partition coefficient (Wildman–Crippen LogP) is 2.30. The van der Waals surface area contributed by atoms with Crippen molar-refractivity contribution >= 4 is 29.5 Å². The van der Waals surface area contributed by atoms with Crippen molar-refractivity contribution in [3.05, 3.63) is 51.8 Å². The normalized spacial score (nSPS) is 14.7. The standard InChI is InChI=1S/C19H21ClN4O4/c1-11-4-6-14(7-5-11)10-24-16(20)15(12(2)22-24)18(26)28-13(3)17(25)23-9-8-21-19(23)27/h4-7,13H,8-10H2,1-3H3,(H,21,27)/t13-/m1/s1. The highest BCUT2D eigenvalue weighted by Crippen LogP contribution is 2.23. The monoisotopic (exact) mass is 404 g/mol. The fourth-order valence-corrected chi connectivity index (χ4v) is 3.24. The molecule has 1 aromatic heterocycles. The molecule has 1 aromatic carbocycles. The summed E-state index contributed by atoms with van der Waals surface area (Å²) in [5.41, 5.74) is 2.64. The number of hydrogen-bond donors (Lipinski definition) is 1. The fourth-order valence-electron chi connectivity index (χ4n) is 2.93. The van der Waals surface area contributed by atoms with Gasteiger partial charge in [-0.15, -0.1) is 0 Å². The van der Waals surface area contributed by atoms with Crippen LogP contribution in [0.5, 0.6) is 0 Å². The van der Waals surface area contributed by atoms with Crippen molar-refractivity contribution in [1.82, 2.24) is 20.0 Å². The van der Waals surface area contributed by atoms with E-state index in [1.54, 1.807) is 6.92 Å². The van der Waals surface area contributed by atoms with Gasteiger partial charge in [-0.25, -0.2) is 14.3 Å². The van der Waals surface area contributed by atoms with E-state index < -0.39 is 24.0 Å². The van der Waals surface area contributed by atoms with Crippen LogP contribution in [0.25, 0.3) is 0 Å². The Kier molecular flexibility index (Phi) is 5.69. The van der Waals surface area contributed by atoms with Crippen molar-refractivity contribution in [2.24, 2.45) is 0 Å². The molecule has 0 spiro atoms. The summed E-state index contributed by atoms with van der Waals surface area (Å²) in [6.45, 7) is 6.09. The predicted molar refractivity (Wildman–Crippen MR) is 102 cm³/mol. The Balaban J connectivity index is 1.73. The van der Waals surface area contributed by atoms with E-state index in [2.05, 4.69) is 10.4 Å². The molecule has 28 heavy (non-hydrogen) atoms. The molecule has 1 atom stereocenters. The number of rotatable bonds is 5. The van der Waals surface area contributed by atoms with Gasteiger partial charge in [-0.3, -0.25) is 9.69 Å². The maximum Gasteiger partial charge on any atom is 0.343 e. The third kappa shape index (κ3) is 4.01. The molecular formula is C19H21ClN4O4. The Labute approximate surface area is 167 Å². The number of halogens is 1. The topological polar surface area (TPSA) is 93.5 Å². The number of benzene rings is 1. The zero-order valence-electron chi connectivity index (χ0n) is 15.9. The molecule has 1 fully saturated rings. The van der Waals surface area contributed by atoms with Gasteiger partial charge >= 0.3 is 12.0 Å². The summed E-state index contributed by atoms with van der Waals surface area (Å²) in [4.78, 5) is 37.5. The summed E-state index contributed by atoms with van der Waals surface area (Å²) in [7, 11) is 0. The number of aryl methyl sites for hydroxylation is 2. The maximum absolute atomic E-state index is 12.6. The molecule has 3 rings (SSSR count). The number of ether oxygens (including phenoxy) is 1. The Hall–Kier alpha value is -2.87. The number of aromatic nitrogens is 2. The van der Waals surface area contributed by atoms with Crippen LogP contribution in [0.2, 0.25) is 5.15 Å². The van der Waals surface area contributed by atoms with Gasteiger partial charge in [0.15, 0.2) is 6.10 Å². The Morgan fingerprint density at radius 2 is 1.96 bits per heavy atom. The van der Waals surface area contributed by atoms with E-state index in [0.717, 1.165) is 16.0 Å². The minimum atomic E-state index is -1.12. The molecule has 9 heteroatoms. The molecule has 8 nitrogen and oxygen atoms in total. The van der Waals surface area contributed by atoms with Crippen LogP contribution in [-0.2, 0) is 16.1 Å². The summed E-state index contributed by atoms with van der Waals surface area (Å²) in [6.07, 6.45) is -1.12. The zero-order valence-corrected chi connectivity index (χ0v) is 16.6. The van der Waals surface area contributed by atoms with E-state index in [1.807, 2.05) is 31.2 Å². The zero-order chi connectivity index (χ0) is 20.4. The first-order valence-electron chi connectivity index (χ1n) is 8.86. The lowest BCUT2D eigenvalue weighted by atomic mass is 10.1. The molecule has 0 bridgehead atoms. The van der Waals surface area contributed by atoms with Crippen LogP contribution < -0.4 is 5.32 Å². The van der Waals surface area contributed by atoms with Crippen LogP contribution in [0.15, 0.2) is 24.3 Å². The van der Waals surface area contributed by atoms with E-state index in [4.69, 9.17) is 16.3 Å². The Morgan fingerprint density at radius 3 is 2.57 bits per heavy atom. The lowest BCUT2D eigenvalue weighted by Gasteiger charge is -2.18. The second kappa shape index (κ2) is 8.02. The number of nitrogens with one attached hydrogen (secondary N) is 1. The highest BCUT2D eigenvalue weighted by molar-refractivity contribution is 6.32. The molecule has 1 aliphatic heterocycles. The maximum atomic E-state index is 12.6. The van der Waals surface area contributed by atoms with Gasteiger partial charge in [0.2, 0.25) is 0 Å². The number of nitrogens with zero attached hydrogens (tertiary/aromatic N) is 3. The summed E-state index contributed by atoms with van der Waals surface area (Å²) in [5.74, 6) is -1.33. The minimum absolute atomic E-state index is 0.110. The van der Waals surface area contributed by atoms with Gasteiger partial charge in [0.1, 0.15) is 10.7 Å². The number of urea groups is 1. The van der Waals surface area contributed by atoms with Crippen LogP contribution >= 0.6 is 11.6 Å². The SMILES string of the molecule is Cc1ccc(Cn2nc(C)c(C(=O)O[C@H](C)C(=O)N3CCNC3=O)c2Cl)cc1. The number of carbonyl (C=O) groups is 3. The Morgan fingerprint density at radius 1 is 1.29 bits per heavy atom. The van der Waals surface area contributed by atoms with E-state index in [0.29, 0.717) is 18.8 Å². The smallest absolute Gasteiger partial charge is 0.343 e. The minimum Gasteiger partial charge on any atom is -0.449 e. The largest absolute Gasteiger partial charge is 0.449 e. The summed E-state index contributed by atoms with van der Waals surface area (Å²) >= 11 is 6.36. The van der Waals surface area contributed by atoms with E-state index >= 15 is 0 Å². The molecule has 0 unspecified atom stereocenters. The lowest BCUT2D eigenvalue weighted by Crippen LogP contribution is -2.41. The molecule has 0 aliphatic carbocycles. The average Bonchev–Trinajstić information content (AvgIpc) is 3.19. The van der Waals surface area contributed by atoms with Crippen molar-refractivity contribution in [3.63, 3.8) is 0 Å². The first-order valence-corrected chi connectivity index (χ1v) is 9.24. The van der Waals surface area contributed by atoms with Crippen molar-refractivity contribution in [1.29, 1.82) is 0 Å². The van der Waals surface area contributed by atoms with Gasteiger partial charge in [-0.05, 0) is 26.3 Å². The van der Waals surface area contributed by atoms with Crippen molar-refractivity contribution in [2.75, 3.05) is 13.1 Å². The molecule has 2 heterocycles. The number of imide groups is 1. The third-order valence-electron chi connectivity index (χ3n) is 4.48. The first-order chi connectivity index (χ1) is 13.3. The second-order valence-electron chi connectivity index (χ2n) is 6.66. The van der Waals surface area contributed by atoms with Gasteiger partial charge in [-0.2, -0.15) is 5.10 Å². The van der Waals surface area contributed by atoms with E-state index in [-0.39, 0.29) is 17.3 Å². The van der Waals surface area contributed by atoms with Gasteiger partial charge < -0.3 is 10.1 Å². The van der Waals surface area contributed by atoms with Crippen molar-refractivity contribution < 1.29 is 19.1 Å². The van der Waals surface area contributed by atoms with Gasteiger partial charge in [0, 0.05) is 13.1 Å².